The van der Waals surface area contributed by atoms with Gasteiger partial charge in [0.2, 0.25) is 11.9 Å². The van der Waals surface area contributed by atoms with Crippen LogP contribution in [0.1, 0.15) is 6.92 Å². The number of hydrogen-bond acceptors (Lipinski definition) is 8. The molecule has 0 aliphatic carbocycles. The summed E-state index contributed by atoms with van der Waals surface area (Å²) in [6.45, 7) is 2.52. The molecular weight excluding hydrogens is 300 g/mol. The van der Waals surface area contributed by atoms with E-state index in [1.54, 1.807) is 11.6 Å². The van der Waals surface area contributed by atoms with Gasteiger partial charge in [0.15, 0.2) is 11.5 Å². The van der Waals surface area contributed by atoms with E-state index in [4.69, 9.17) is 11.5 Å². The number of carbonyl (C=O) groups excluding carboxylic acids is 2. The van der Waals surface area contributed by atoms with E-state index in [2.05, 4.69) is 20.3 Å². The van der Waals surface area contributed by atoms with E-state index in [1.807, 2.05) is 0 Å². The van der Waals surface area contributed by atoms with Crippen molar-refractivity contribution in [3.8, 4) is 0 Å². The van der Waals surface area contributed by atoms with Crippen LogP contribution in [0.3, 0.4) is 0 Å². The van der Waals surface area contributed by atoms with Crippen LogP contribution in [0, 0.1) is 0 Å². The summed E-state index contributed by atoms with van der Waals surface area (Å²) in [4.78, 5) is 37.3. The molecule has 5 N–H and O–H groups in total. The summed E-state index contributed by atoms with van der Waals surface area (Å²) in [5, 5.41) is 2.95. The van der Waals surface area contributed by atoms with Crippen molar-refractivity contribution in [2.24, 2.45) is 0 Å². The lowest BCUT2D eigenvalue weighted by Crippen LogP contribution is -2.40. The number of fused-ring (bicyclic) bond motifs is 1. The molecule has 0 fully saturated rings. The summed E-state index contributed by atoms with van der Waals surface area (Å²) in [6.07, 6.45) is 1.46. The fourth-order valence-corrected chi connectivity index (χ4v) is 2.15. The number of likely N-dealkylation sites (N-methyl/N-ethyl adjacent to an activating group) is 1. The molecule has 2 aromatic heterocycles. The fraction of sp³-hybridized carbons (Fsp3) is 0.462. The minimum absolute atomic E-state index is 0.0105. The number of nitrogens with two attached hydrogens (primary N) is 2. The van der Waals surface area contributed by atoms with Crippen molar-refractivity contribution < 1.29 is 9.59 Å². The van der Waals surface area contributed by atoms with Gasteiger partial charge in [-0.05, 0) is 14.0 Å². The highest BCUT2D eigenvalue weighted by Crippen LogP contribution is 2.16. The number of hydrogen-bond donors (Lipinski definition) is 3. The highest BCUT2D eigenvalue weighted by molar-refractivity contribution is 5.87. The Kier molecular flexibility index (Phi) is 5.06. The van der Waals surface area contributed by atoms with Gasteiger partial charge in [0.1, 0.15) is 17.8 Å². The predicted molar refractivity (Wildman–Crippen MR) is 85.3 cm³/mol. The smallest absolute Gasteiger partial charge is 0.243 e. The van der Waals surface area contributed by atoms with Gasteiger partial charge in [-0.25, -0.2) is 4.98 Å². The highest BCUT2D eigenvalue weighted by atomic mass is 16.2. The Labute approximate surface area is 132 Å². The largest absolute Gasteiger partial charge is 0.382 e. The van der Waals surface area contributed by atoms with E-state index >= 15 is 0 Å². The van der Waals surface area contributed by atoms with Crippen LogP contribution in [0.2, 0.25) is 0 Å². The van der Waals surface area contributed by atoms with Gasteiger partial charge in [0.25, 0.3) is 0 Å². The molecule has 0 unspecified atom stereocenters. The summed E-state index contributed by atoms with van der Waals surface area (Å²) in [7, 11) is 1.78. The van der Waals surface area contributed by atoms with Gasteiger partial charge in [0.05, 0.1) is 12.9 Å². The van der Waals surface area contributed by atoms with Crippen molar-refractivity contribution in [2.45, 2.75) is 13.5 Å². The second-order valence-corrected chi connectivity index (χ2v) is 5.13. The number of nitrogen functional groups attached to an aromatic ring is 2. The molecule has 0 aliphatic rings. The van der Waals surface area contributed by atoms with Crippen LogP contribution in [-0.2, 0) is 16.1 Å². The summed E-state index contributed by atoms with van der Waals surface area (Å²) < 4.78 is 1.54. The Balaban J connectivity index is 2.22. The van der Waals surface area contributed by atoms with Crippen molar-refractivity contribution in [3.63, 3.8) is 0 Å². The first-order valence-electron chi connectivity index (χ1n) is 7.08. The average molecular weight is 320 g/mol. The Morgan fingerprint density at radius 1 is 1.35 bits per heavy atom. The molecule has 2 rings (SSSR count). The molecule has 0 aromatic carbocycles. The third-order valence-electron chi connectivity index (χ3n) is 3.21. The first kappa shape index (κ1) is 16.6. The van der Waals surface area contributed by atoms with Crippen LogP contribution < -0.4 is 16.8 Å². The van der Waals surface area contributed by atoms with Crippen LogP contribution >= 0.6 is 0 Å². The summed E-state index contributed by atoms with van der Waals surface area (Å²) in [5.74, 6) is -0.124. The predicted octanol–water partition coefficient (Wildman–Crippen LogP) is -1.37. The van der Waals surface area contributed by atoms with Crippen LogP contribution in [-0.4, -0.2) is 62.8 Å². The topological polar surface area (TPSA) is 145 Å². The molecule has 0 bridgehead atoms. The second kappa shape index (κ2) is 7.01. The first-order valence-corrected chi connectivity index (χ1v) is 7.08. The molecule has 10 heteroatoms. The third-order valence-corrected chi connectivity index (χ3v) is 3.21. The minimum Gasteiger partial charge on any atom is -0.382 e. The SMILES string of the molecule is CNCCN(CC(C)=O)C(=O)Cn1cnc2c(N)nc(N)nc21. The Hall–Kier alpha value is -2.75. The molecule has 0 saturated heterocycles. The summed E-state index contributed by atoms with van der Waals surface area (Å²) in [5.41, 5.74) is 12.1. The van der Waals surface area contributed by atoms with E-state index in [0.29, 0.717) is 24.3 Å². The lowest BCUT2D eigenvalue weighted by molar-refractivity contribution is -0.135. The molecule has 0 aliphatic heterocycles. The molecule has 0 spiro atoms. The Morgan fingerprint density at radius 2 is 2.09 bits per heavy atom. The highest BCUT2D eigenvalue weighted by Gasteiger charge is 2.18. The maximum atomic E-state index is 12.5. The van der Waals surface area contributed by atoms with Crippen molar-refractivity contribution in [3.05, 3.63) is 6.33 Å². The Morgan fingerprint density at radius 3 is 2.74 bits per heavy atom. The van der Waals surface area contributed by atoms with Crippen LogP contribution in [0.15, 0.2) is 6.33 Å². The third kappa shape index (κ3) is 3.92. The monoisotopic (exact) mass is 320 g/mol. The molecule has 2 heterocycles. The van der Waals surface area contributed by atoms with E-state index in [1.165, 1.54) is 18.2 Å². The van der Waals surface area contributed by atoms with Crippen molar-refractivity contribution in [1.82, 2.24) is 29.7 Å². The molecule has 124 valence electrons. The van der Waals surface area contributed by atoms with Gasteiger partial charge in [0, 0.05) is 13.1 Å². The van der Waals surface area contributed by atoms with Crippen LogP contribution in [0.5, 0.6) is 0 Å². The molecular formula is C13H20N8O2. The quantitative estimate of drug-likeness (QED) is 0.566. The number of aromatic nitrogens is 4. The maximum absolute atomic E-state index is 12.5. The number of nitrogens with zero attached hydrogens (tertiary/aromatic N) is 5. The van der Waals surface area contributed by atoms with E-state index in [0.717, 1.165) is 0 Å². The standard InChI is InChI=1S/C13H20N8O2/c1-8(22)5-20(4-3-16-2)9(23)6-21-7-17-10-11(14)18-13(15)19-12(10)21/h7,16H,3-6H2,1-2H3,(H4,14,15,18,19). The van der Waals surface area contributed by atoms with Gasteiger partial charge in [-0.15, -0.1) is 0 Å². The van der Waals surface area contributed by atoms with Crippen molar-refractivity contribution in [1.29, 1.82) is 0 Å². The number of ketones is 1. The Bertz CT molecular complexity index is 726. The summed E-state index contributed by atoms with van der Waals surface area (Å²) >= 11 is 0. The van der Waals surface area contributed by atoms with Crippen LogP contribution in [0.25, 0.3) is 11.2 Å². The van der Waals surface area contributed by atoms with Crippen molar-refractivity contribution in [2.75, 3.05) is 38.1 Å². The van der Waals surface area contributed by atoms with E-state index in [9.17, 15) is 9.59 Å². The zero-order chi connectivity index (χ0) is 17.0. The molecule has 2 aromatic rings. The number of Topliss-reactive ketones (excluding diaryl/α,β-unsaturated/α-hetero) is 1. The lowest BCUT2D eigenvalue weighted by Gasteiger charge is -2.21. The van der Waals surface area contributed by atoms with Gasteiger partial charge in [-0.2, -0.15) is 9.97 Å². The molecule has 0 saturated carbocycles. The first-order chi connectivity index (χ1) is 10.9. The minimum atomic E-state index is -0.217. The number of anilines is 2. The van der Waals surface area contributed by atoms with Crippen molar-refractivity contribution >= 4 is 34.6 Å². The molecule has 23 heavy (non-hydrogen) atoms. The van der Waals surface area contributed by atoms with Gasteiger partial charge in [-0.3, -0.25) is 9.59 Å². The molecule has 0 radical (unpaired) electrons. The molecule has 0 atom stereocenters. The van der Waals surface area contributed by atoms with E-state index in [-0.39, 0.29) is 36.5 Å². The normalized spacial score (nSPS) is 10.9. The number of imidazole rings is 1. The number of amides is 1. The van der Waals surface area contributed by atoms with E-state index < -0.39 is 0 Å². The second-order valence-electron chi connectivity index (χ2n) is 5.13. The van der Waals surface area contributed by atoms with Gasteiger partial charge in [-0.1, -0.05) is 0 Å². The lowest BCUT2D eigenvalue weighted by atomic mass is 10.3. The maximum Gasteiger partial charge on any atom is 0.243 e. The van der Waals surface area contributed by atoms with Gasteiger partial charge >= 0.3 is 0 Å². The zero-order valence-electron chi connectivity index (χ0n) is 13.1. The van der Waals surface area contributed by atoms with Crippen LogP contribution in [0.4, 0.5) is 11.8 Å². The zero-order valence-corrected chi connectivity index (χ0v) is 13.1. The molecule has 1 amide bonds. The summed E-state index contributed by atoms with van der Waals surface area (Å²) in [6, 6.07) is 0. The fourth-order valence-electron chi connectivity index (χ4n) is 2.15. The number of carbonyl (C=O) groups is 2. The van der Waals surface area contributed by atoms with Gasteiger partial charge < -0.3 is 26.3 Å². The average Bonchev–Trinajstić information content (AvgIpc) is 2.86. The number of nitrogens with one attached hydrogen (secondary N) is 1. The number of rotatable bonds is 7. The molecule has 10 nitrogen and oxygen atoms in total.